The van der Waals surface area contributed by atoms with E-state index in [2.05, 4.69) is 15.1 Å². The van der Waals surface area contributed by atoms with Crippen LogP contribution in [0.3, 0.4) is 0 Å². The maximum atomic E-state index is 13.0. The summed E-state index contributed by atoms with van der Waals surface area (Å²) in [7, 11) is 1.91. The fourth-order valence-electron chi connectivity index (χ4n) is 3.70. The number of aromatic nitrogens is 5. The number of hydrogen-bond acceptors (Lipinski definition) is 5. The van der Waals surface area contributed by atoms with Gasteiger partial charge in [-0.25, -0.2) is 9.50 Å². The van der Waals surface area contributed by atoms with Gasteiger partial charge in [0, 0.05) is 51.2 Å². The Labute approximate surface area is 161 Å². The van der Waals surface area contributed by atoms with Crippen molar-refractivity contribution in [1.29, 1.82) is 0 Å². The first-order valence-corrected chi connectivity index (χ1v) is 9.33. The van der Waals surface area contributed by atoms with E-state index in [1.807, 2.05) is 47.2 Å². The number of aryl methyl sites for hydroxylation is 3. The number of oxazole rings is 1. The molecule has 0 fully saturated rings. The highest BCUT2D eigenvalue weighted by molar-refractivity contribution is 5.99. The van der Waals surface area contributed by atoms with Crippen LogP contribution in [0.4, 0.5) is 0 Å². The molecule has 0 aromatic carbocycles. The van der Waals surface area contributed by atoms with Gasteiger partial charge in [0.1, 0.15) is 22.7 Å². The van der Waals surface area contributed by atoms with E-state index in [0.717, 1.165) is 41.4 Å². The van der Waals surface area contributed by atoms with Gasteiger partial charge in [-0.2, -0.15) is 5.10 Å². The van der Waals surface area contributed by atoms with Crippen LogP contribution < -0.4 is 0 Å². The summed E-state index contributed by atoms with van der Waals surface area (Å²) in [6.07, 6.45) is 11.2. The van der Waals surface area contributed by atoms with Crippen LogP contribution in [0.2, 0.25) is 0 Å². The van der Waals surface area contributed by atoms with Crippen LogP contribution in [-0.2, 0) is 32.9 Å². The highest BCUT2D eigenvalue weighted by Crippen LogP contribution is 2.23. The monoisotopic (exact) mass is 376 g/mol. The molecule has 5 rings (SSSR count). The molecule has 1 aliphatic rings. The smallest absolute Gasteiger partial charge is 0.259 e. The average molecular weight is 376 g/mol. The number of carbonyl (C=O) groups excluding carboxylic acids is 1. The number of nitrogens with zero attached hydrogens (tertiary/aromatic N) is 6. The third-order valence-corrected chi connectivity index (χ3v) is 5.17. The van der Waals surface area contributed by atoms with Gasteiger partial charge < -0.3 is 13.9 Å². The maximum Gasteiger partial charge on any atom is 0.259 e. The average Bonchev–Trinajstić information content (AvgIpc) is 3.42. The summed E-state index contributed by atoms with van der Waals surface area (Å²) >= 11 is 0. The Kier molecular flexibility index (Phi) is 3.96. The summed E-state index contributed by atoms with van der Waals surface area (Å²) in [4.78, 5) is 23.6. The Morgan fingerprint density at radius 2 is 2.18 bits per heavy atom. The van der Waals surface area contributed by atoms with Crippen molar-refractivity contribution in [1.82, 2.24) is 29.0 Å². The number of imidazole rings is 1. The van der Waals surface area contributed by atoms with E-state index >= 15 is 0 Å². The number of pyridine rings is 1. The van der Waals surface area contributed by atoms with E-state index in [1.165, 1.54) is 0 Å². The summed E-state index contributed by atoms with van der Waals surface area (Å²) in [5, 5.41) is 4.27. The van der Waals surface area contributed by atoms with E-state index in [1.54, 1.807) is 16.9 Å². The van der Waals surface area contributed by atoms with Crippen molar-refractivity contribution in [2.75, 3.05) is 6.54 Å². The first-order valence-electron chi connectivity index (χ1n) is 9.33. The third kappa shape index (κ3) is 2.87. The van der Waals surface area contributed by atoms with E-state index in [9.17, 15) is 4.79 Å². The topological polar surface area (TPSA) is 81.5 Å². The molecule has 0 bridgehead atoms. The van der Waals surface area contributed by atoms with Crippen LogP contribution in [0.25, 0.3) is 5.65 Å². The summed E-state index contributed by atoms with van der Waals surface area (Å²) in [5.74, 6) is 1.59. The van der Waals surface area contributed by atoms with Crippen LogP contribution >= 0.6 is 0 Å². The van der Waals surface area contributed by atoms with Crippen molar-refractivity contribution >= 4 is 11.6 Å². The zero-order valence-corrected chi connectivity index (χ0v) is 15.6. The van der Waals surface area contributed by atoms with Crippen molar-refractivity contribution in [2.45, 2.75) is 25.8 Å². The molecule has 5 heterocycles. The lowest BCUT2D eigenvalue weighted by molar-refractivity contribution is 0.0729. The lowest BCUT2D eigenvalue weighted by Crippen LogP contribution is -2.35. The number of fused-ring (bicyclic) bond motifs is 2. The Morgan fingerprint density at radius 3 is 3.04 bits per heavy atom. The standard InChI is InChI=1S/C20H20N6O2/c1-24-9-10-26-19(24)15(12-22-26)20(27)25-8-6-17-16(13-25)23-18(28-17)5-4-14-3-2-7-21-11-14/h2-3,7,9-12H,4-6,8,13H2,1H3. The van der Waals surface area contributed by atoms with Crippen LogP contribution in [0.1, 0.15) is 33.3 Å². The first kappa shape index (κ1) is 16.7. The first-order chi connectivity index (χ1) is 13.7. The molecule has 0 radical (unpaired) electrons. The molecule has 4 aromatic heterocycles. The molecule has 0 saturated heterocycles. The molecule has 142 valence electrons. The van der Waals surface area contributed by atoms with Gasteiger partial charge in [-0.15, -0.1) is 0 Å². The van der Waals surface area contributed by atoms with Crippen molar-refractivity contribution in [3.05, 3.63) is 71.6 Å². The molecule has 1 amide bonds. The molecule has 0 aliphatic carbocycles. The van der Waals surface area contributed by atoms with Gasteiger partial charge in [-0.1, -0.05) is 6.07 Å². The second kappa shape index (κ2) is 6.63. The highest BCUT2D eigenvalue weighted by Gasteiger charge is 2.28. The molecule has 0 spiro atoms. The maximum absolute atomic E-state index is 13.0. The zero-order valence-electron chi connectivity index (χ0n) is 15.6. The van der Waals surface area contributed by atoms with E-state index in [-0.39, 0.29) is 5.91 Å². The fourth-order valence-corrected chi connectivity index (χ4v) is 3.70. The van der Waals surface area contributed by atoms with Crippen molar-refractivity contribution in [2.24, 2.45) is 7.05 Å². The third-order valence-electron chi connectivity index (χ3n) is 5.17. The molecule has 0 saturated carbocycles. The molecular formula is C20H20N6O2. The normalized spacial score (nSPS) is 13.8. The van der Waals surface area contributed by atoms with Gasteiger partial charge in [0.25, 0.3) is 5.91 Å². The Morgan fingerprint density at radius 1 is 1.25 bits per heavy atom. The molecule has 8 heteroatoms. The molecule has 8 nitrogen and oxygen atoms in total. The van der Waals surface area contributed by atoms with Crippen molar-refractivity contribution in [3.63, 3.8) is 0 Å². The van der Waals surface area contributed by atoms with Crippen molar-refractivity contribution in [3.8, 4) is 0 Å². The zero-order chi connectivity index (χ0) is 19.1. The molecule has 0 N–H and O–H groups in total. The van der Waals surface area contributed by atoms with Gasteiger partial charge in [-0.05, 0) is 18.1 Å². The summed E-state index contributed by atoms with van der Waals surface area (Å²) < 4.78 is 9.56. The lowest BCUT2D eigenvalue weighted by atomic mass is 10.1. The minimum Gasteiger partial charge on any atom is -0.445 e. The minimum atomic E-state index is -0.0256. The number of hydrogen-bond donors (Lipinski definition) is 0. The summed E-state index contributed by atoms with van der Waals surface area (Å²) in [6.45, 7) is 1.08. The van der Waals surface area contributed by atoms with E-state index < -0.39 is 0 Å². The molecule has 0 unspecified atom stereocenters. The molecular weight excluding hydrogens is 356 g/mol. The van der Waals surface area contributed by atoms with Gasteiger partial charge in [0.2, 0.25) is 0 Å². The fraction of sp³-hybridized carbons (Fsp3) is 0.300. The predicted molar refractivity (Wildman–Crippen MR) is 101 cm³/mol. The summed E-state index contributed by atoms with van der Waals surface area (Å²) in [6, 6.07) is 3.98. The van der Waals surface area contributed by atoms with Crippen LogP contribution in [-0.4, -0.2) is 41.5 Å². The molecule has 28 heavy (non-hydrogen) atoms. The van der Waals surface area contributed by atoms with Gasteiger partial charge in [0.15, 0.2) is 5.89 Å². The van der Waals surface area contributed by atoms with Gasteiger partial charge >= 0.3 is 0 Å². The van der Waals surface area contributed by atoms with Gasteiger partial charge in [-0.3, -0.25) is 9.78 Å². The Bertz CT molecular complexity index is 1140. The molecule has 0 atom stereocenters. The van der Waals surface area contributed by atoms with Crippen LogP contribution in [0.15, 0.2) is 47.5 Å². The van der Waals surface area contributed by atoms with Gasteiger partial charge in [0.05, 0.1) is 12.7 Å². The van der Waals surface area contributed by atoms with Crippen molar-refractivity contribution < 1.29 is 9.21 Å². The lowest BCUT2D eigenvalue weighted by Gasteiger charge is -2.24. The molecule has 4 aromatic rings. The van der Waals surface area contributed by atoms with Crippen LogP contribution in [0.5, 0.6) is 0 Å². The number of rotatable bonds is 4. The second-order valence-corrected chi connectivity index (χ2v) is 7.05. The number of amides is 1. The van der Waals surface area contributed by atoms with E-state index in [4.69, 9.17) is 4.42 Å². The SMILES string of the molecule is Cn1ccn2ncc(C(=O)N3CCc4oc(CCc5cccnc5)nc4C3)c12. The highest BCUT2D eigenvalue weighted by atomic mass is 16.4. The summed E-state index contributed by atoms with van der Waals surface area (Å²) in [5.41, 5.74) is 3.42. The van der Waals surface area contributed by atoms with E-state index in [0.29, 0.717) is 25.1 Å². The Hall–Kier alpha value is -3.42. The minimum absolute atomic E-state index is 0.0256. The quantitative estimate of drug-likeness (QED) is 0.544. The predicted octanol–water partition coefficient (Wildman–Crippen LogP) is 2.04. The Balaban J connectivity index is 1.32. The largest absolute Gasteiger partial charge is 0.445 e. The van der Waals surface area contributed by atoms with Crippen LogP contribution in [0, 0.1) is 0 Å². The second-order valence-electron chi connectivity index (χ2n) is 7.05. The number of carbonyl (C=O) groups is 1. The molecule has 1 aliphatic heterocycles.